The summed E-state index contributed by atoms with van der Waals surface area (Å²) >= 11 is 0. The molecule has 1 N–H and O–H groups in total. The molecule has 3 aromatic rings. The molecule has 1 heterocycles. The molecule has 0 fully saturated rings. The number of aromatic nitrogens is 2. The van der Waals surface area contributed by atoms with Gasteiger partial charge in [-0.15, -0.1) is 0 Å². The Labute approximate surface area is 184 Å². The Morgan fingerprint density at radius 3 is 2.50 bits per heavy atom. The fourth-order valence-corrected chi connectivity index (χ4v) is 4.22. The molecule has 1 unspecified atom stereocenters. The SMILES string of the molecule is CCn1c(=O)n(CC(O)COc2cccc([N+](=O)[O-])c2)c2cc(S(=O)(=O)N(C)C)ccc21. The molecule has 32 heavy (non-hydrogen) atoms. The molecular weight excluding hydrogens is 440 g/mol. The lowest BCUT2D eigenvalue weighted by Gasteiger charge is -2.14. The highest BCUT2D eigenvalue weighted by molar-refractivity contribution is 7.89. The summed E-state index contributed by atoms with van der Waals surface area (Å²) in [5.41, 5.74) is 0.376. The molecule has 0 amide bonds. The van der Waals surface area contributed by atoms with Crippen LogP contribution in [0.5, 0.6) is 5.75 Å². The van der Waals surface area contributed by atoms with Gasteiger partial charge in [0, 0.05) is 26.7 Å². The lowest BCUT2D eigenvalue weighted by Crippen LogP contribution is -2.31. The van der Waals surface area contributed by atoms with Crippen molar-refractivity contribution in [3.8, 4) is 5.75 Å². The van der Waals surface area contributed by atoms with Crippen LogP contribution in [0.2, 0.25) is 0 Å². The number of aliphatic hydroxyl groups excluding tert-OH is 1. The maximum absolute atomic E-state index is 12.9. The minimum Gasteiger partial charge on any atom is -0.491 e. The average Bonchev–Trinajstić information content (AvgIpc) is 3.02. The first kappa shape index (κ1) is 23.4. The number of aliphatic hydroxyl groups is 1. The molecule has 0 spiro atoms. The number of imidazole rings is 1. The van der Waals surface area contributed by atoms with Crippen molar-refractivity contribution in [2.45, 2.75) is 31.0 Å². The third-order valence-electron chi connectivity index (χ3n) is 4.95. The molecule has 2 aromatic carbocycles. The van der Waals surface area contributed by atoms with Crippen LogP contribution < -0.4 is 10.4 Å². The second-order valence-corrected chi connectivity index (χ2v) is 9.45. The molecule has 0 bridgehead atoms. The van der Waals surface area contributed by atoms with Gasteiger partial charge in [-0.1, -0.05) is 6.07 Å². The van der Waals surface area contributed by atoms with E-state index in [9.17, 15) is 28.4 Å². The predicted molar refractivity (Wildman–Crippen MR) is 117 cm³/mol. The van der Waals surface area contributed by atoms with Gasteiger partial charge in [-0.05, 0) is 31.2 Å². The number of hydrogen-bond donors (Lipinski definition) is 1. The van der Waals surface area contributed by atoms with E-state index in [4.69, 9.17) is 4.74 Å². The number of ether oxygens (including phenoxy) is 1. The van der Waals surface area contributed by atoms with Crippen molar-refractivity contribution in [1.29, 1.82) is 0 Å². The molecular formula is C20H24N4O7S. The summed E-state index contributed by atoms with van der Waals surface area (Å²) in [6.07, 6.45) is -1.13. The first-order chi connectivity index (χ1) is 15.1. The van der Waals surface area contributed by atoms with Crippen molar-refractivity contribution in [1.82, 2.24) is 13.4 Å². The zero-order chi connectivity index (χ0) is 23.6. The Hall–Kier alpha value is -3.22. The van der Waals surface area contributed by atoms with E-state index in [-0.39, 0.29) is 29.5 Å². The van der Waals surface area contributed by atoms with E-state index >= 15 is 0 Å². The number of sulfonamides is 1. The average molecular weight is 465 g/mol. The standard InChI is InChI=1S/C20H24N4O7S/c1-4-22-18-9-8-17(32(29,30)21(2)3)11-19(18)23(20(22)26)12-15(25)13-31-16-7-5-6-14(10-16)24(27)28/h5-11,15,25H,4,12-13H2,1-3H3. The van der Waals surface area contributed by atoms with Crippen molar-refractivity contribution in [3.05, 3.63) is 63.1 Å². The van der Waals surface area contributed by atoms with Gasteiger partial charge in [-0.3, -0.25) is 19.2 Å². The highest BCUT2D eigenvalue weighted by Gasteiger charge is 2.22. The summed E-state index contributed by atoms with van der Waals surface area (Å²) < 4.78 is 34.3. The van der Waals surface area contributed by atoms with Crippen LogP contribution >= 0.6 is 0 Å². The molecule has 1 aromatic heterocycles. The first-order valence-corrected chi connectivity index (χ1v) is 11.2. The summed E-state index contributed by atoms with van der Waals surface area (Å²) in [7, 11) is -0.884. The highest BCUT2D eigenvalue weighted by Crippen LogP contribution is 2.22. The van der Waals surface area contributed by atoms with Crippen molar-refractivity contribution in [2.24, 2.45) is 0 Å². The van der Waals surface area contributed by atoms with Gasteiger partial charge in [-0.25, -0.2) is 17.5 Å². The van der Waals surface area contributed by atoms with E-state index in [0.717, 1.165) is 4.31 Å². The normalized spacial score (nSPS) is 12.9. The van der Waals surface area contributed by atoms with Crippen LogP contribution in [-0.4, -0.2) is 58.7 Å². The number of nitro benzene ring substituents is 1. The van der Waals surface area contributed by atoms with Crippen molar-refractivity contribution in [2.75, 3.05) is 20.7 Å². The predicted octanol–water partition coefficient (Wildman–Crippen LogP) is 1.42. The van der Waals surface area contributed by atoms with E-state index in [1.807, 2.05) is 0 Å². The van der Waals surface area contributed by atoms with Gasteiger partial charge in [0.05, 0.1) is 33.5 Å². The molecule has 3 rings (SSSR count). The van der Waals surface area contributed by atoms with Crippen LogP contribution in [0.1, 0.15) is 6.92 Å². The quantitative estimate of drug-likeness (QED) is 0.373. The molecule has 12 heteroatoms. The fraction of sp³-hybridized carbons (Fsp3) is 0.350. The van der Waals surface area contributed by atoms with Crippen LogP contribution in [0.4, 0.5) is 5.69 Å². The number of non-ortho nitro benzene ring substituents is 1. The summed E-state index contributed by atoms with van der Waals surface area (Å²) in [6.45, 7) is 1.78. The van der Waals surface area contributed by atoms with Crippen molar-refractivity contribution >= 4 is 26.7 Å². The Morgan fingerprint density at radius 2 is 1.88 bits per heavy atom. The third-order valence-corrected chi connectivity index (χ3v) is 6.76. The smallest absolute Gasteiger partial charge is 0.329 e. The van der Waals surface area contributed by atoms with E-state index in [2.05, 4.69) is 0 Å². The van der Waals surface area contributed by atoms with Gasteiger partial charge < -0.3 is 9.84 Å². The number of benzene rings is 2. The Bertz CT molecular complexity index is 1310. The summed E-state index contributed by atoms with van der Waals surface area (Å²) in [5, 5.41) is 21.4. The minimum atomic E-state index is -3.71. The molecule has 0 radical (unpaired) electrons. The number of rotatable bonds is 9. The van der Waals surface area contributed by atoms with E-state index < -0.39 is 26.7 Å². The van der Waals surface area contributed by atoms with Gasteiger partial charge in [0.25, 0.3) is 5.69 Å². The maximum Gasteiger partial charge on any atom is 0.329 e. The van der Waals surface area contributed by atoms with Crippen molar-refractivity contribution < 1.29 is 23.2 Å². The lowest BCUT2D eigenvalue weighted by atomic mass is 10.3. The molecule has 0 aliphatic rings. The van der Waals surface area contributed by atoms with Gasteiger partial charge in [0.2, 0.25) is 10.0 Å². The van der Waals surface area contributed by atoms with Gasteiger partial charge in [0.15, 0.2) is 0 Å². The molecule has 1 atom stereocenters. The van der Waals surface area contributed by atoms with Crippen LogP contribution in [0, 0.1) is 10.1 Å². The second-order valence-electron chi connectivity index (χ2n) is 7.29. The Balaban J connectivity index is 1.90. The number of hydrogen-bond acceptors (Lipinski definition) is 7. The number of fused-ring (bicyclic) bond motifs is 1. The van der Waals surface area contributed by atoms with Crippen LogP contribution in [0.25, 0.3) is 11.0 Å². The molecule has 0 saturated heterocycles. The van der Waals surface area contributed by atoms with Gasteiger partial charge in [0.1, 0.15) is 18.5 Å². The number of nitrogens with zero attached hydrogens (tertiary/aromatic N) is 4. The van der Waals surface area contributed by atoms with Gasteiger partial charge >= 0.3 is 5.69 Å². The van der Waals surface area contributed by atoms with E-state index in [0.29, 0.717) is 17.6 Å². The summed E-state index contributed by atoms with van der Waals surface area (Å²) in [6, 6.07) is 9.96. The van der Waals surface area contributed by atoms with Crippen LogP contribution in [0.3, 0.4) is 0 Å². The zero-order valence-corrected chi connectivity index (χ0v) is 18.7. The van der Waals surface area contributed by atoms with Gasteiger partial charge in [-0.2, -0.15) is 0 Å². The van der Waals surface area contributed by atoms with Crippen molar-refractivity contribution in [3.63, 3.8) is 0 Å². The lowest BCUT2D eigenvalue weighted by molar-refractivity contribution is -0.384. The largest absolute Gasteiger partial charge is 0.491 e. The number of nitro groups is 1. The molecule has 0 aliphatic carbocycles. The summed E-state index contributed by atoms with van der Waals surface area (Å²) in [4.78, 5) is 23.2. The highest BCUT2D eigenvalue weighted by atomic mass is 32.2. The molecule has 0 saturated carbocycles. The Kier molecular flexibility index (Phi) is 6.67. The first-order valence-electron chi connectivity index (χ1n) is 9.77. The zero-order valence-electron chi connectivity index (χ0n) is 17.8. The fourth-order valence-electron chi connectivity index (χ4n) is 3.30. The topological polar surface area (TPSA) is 137 Å². The second kappa shape index (κ2) is 9.10. The third kappa shape index (κ3) is 4.52. The number of aryl methyl sites for hydroxylation is 1. The summed E-state index contributed by atoms with van der Waals surface area (Å²) in [5.74, 6) is 0.209. The minimum absolute atomic E-state index is 0.0272. The monoisotopic (exact) mass is 464 g/mol. The van der Waals surface area contributed by atoms with E-state index in [1.165, 1.54) is 59.6 Å². The molecule has 172 valence electrons. The van der Waals surface area contributed by atoms with E-state index in [1.54, 1.807) is 13.0 Å². The Morgan fingerprint density at radius 1 is 1.16 bits per heavy atom. The molecule has 0 aliphatic heterocycles. The van der Waals surface area contributed by atoms with Crippen LogP contribution in [0.15, 0.2) is 52.2 Å². The maximum atomic E-state index is 12.9. The van der Waals surface area contributed by atoms with Crippen LogP contribution in [-0.2, 0) is 23.1 Å². The molecule has 11 nitrogen and oxygen atoms in total.